The number of methoxy groups -OCH3 is 1. The molecule has 1 aromatic heterocycles. The van der Waals surface area contributed by atoms with Crippen LogP contribution in [-0.4, -0.2) is 22.2 Å². The monoisotopic (exact) mass is 334 g/mol. The molecule has 0 aliphatic carbocycles. The fourth-order valence-corrected chi connectivity index (χ4v) is 3.33. The summed E-state index contributed by atoms with van der Waals surface area (Å²) in [6, 6.07) is 19.3. The van der Waals surface area contributed by atoms with E-state index in [0.29, 0.717) is 10.7 Å². The molecule has 4 nitrogen and oxygen atoms in total. The number of hydrogen-bond acceptors (Lipinski definition) is 4. The molecule has 3 aromatic carbocycles. The third-order valence-corrected chi connectivity index (χ3v) is 4.65. The second-order valence-electron chi connectivity index (χ2n) is 5.38. The van der Waals surface area contributed by atoms with Crippen molar-refractivity contribution in [2.75, 3.05) is 7.11 Å². The minimum absolute atomic E-state index is 0.0544. The van der Waals surface area contributed by atoms with Crippen LogP contribution in [0.5, 0.6) is 5.75 Å². The first-order valence-electron chi connectivity index (χ1n) is 7.48. The van der Waals surface area contributed by atoms with Crippen molar-refractivity contribution in [1.82, 2.24) is 9.97 Å². The Kier molecular flexibility index (Phi) is 3.70. The summed E-state index contributed by atoms with van der Waals surface area (Å²) in [4.78, 5) is 20.1. The molecule has 0 bridgehead atoms. The molecule has 5 heteroatoms. The number of carbonyl (C=O) groups excluding carboxylic acids is 1. The molecule has 0 spiro atoms. The minimum atomic E-state index is -0.0544. The van der Waals surface area contributed by atoms with Gasteiger partial charge in [-0.3, -0.25) is 4.79 Å². The molecule has 1 heterocycles. The van der Waals surface area contributed by atoms with Gasteiger partial charge in [-0.05, 0) is 58.9 Å². The number of benzene rings is 3. The fourth-order valence-electron chi connectivity index (χ4n) is 2.60. The maximum absolute atomic E-state index is 12.4. The van der Waals surface area contributed by atoms with Crippen molar-refractivity contribution in [3.05, 3.63) is 66.2 Å². The smallest absolute Gasteiger partial charge is 0.227 e. The highest BCUT2D eigenvalue weighted by molar-refractivity contribution is 8.14. The zero-order valence-electron chi connectivity index (χ0n) is 12.9. The van der Waals surface area contributed by atoms with Gasteiger partial charge in [0.25, 0.3) is 0 Å². The maximum atomic E-state index is 12.4. The zero-order chi connectivity index (χ0) is 16.5. The van der Waals surface area contributed by atoms with Gasteiger partial charge in [-0.25, -0.2) is 4.98 Å². The first kappa shape index (κ1) is 14.8. The molecule has 4 aromatic rings. The Balaban J connectivity index is 1.63. The molecular formula is C19H14N2O2S. The van der Waals surface area contributed by atoms with Crippen molar-refractivity contribution in [1.29, 1.82) is 0 Å². The lowest BCUT2D eigenvalue weighted by Gasteiger charge is -2.01. The van der Waals surface area contributed by atoms with Crippen LogP contribution in [0.4, 0.5) is 0 Å². The molecule has 24 heavy (non-hydrogen) atoms. The minimum Gasteiger partial charge on any atom is -0.497 e. The topological polar surface area (TPSA) is 55.0 Å². The van der Waals surface area contributed by atoms with Gasteiger partial charge >= 0.3 is 0 Å². The average molecular weight is 334 g/mol. The molecule has 118 valence electrons. The van der Waals surface area contributed by atoms with Crippen molar-refractivity contribution in [2.45, 2.75) is 5.16 Å². The number of H-pyrrole nitrogens is 1. The summed E-state index contributed by atoms with van der Waals surface area (Å²) in [6.45, 7) is 0. The Labute approximate surface area is 142 Å². The van der Waals surface area contributed by atoms with Gasteiger partial charge in [-0.15, -0.1) is 0 Å². The summed E-state index contributed by atoms with van der Waals surface area (Å²) in [5, 5.41) is 2.82. The lowest BCUT2D eigenvalue weighted by Crippen LogP contribution is -1.94. The maximum Gasteiger partial charge on any atom is 0.227 e. The molecule has 1 N–H and O–H groups in total. The second kappa shape index (κ2) is 6.02. The van der Waals surface area contributed by atoms with Gasteiger partial charge in [0.05, 0.1) is 18.1 Å². The number of aromatic amines is 1. The fraction of sp³-hybridized carbons (Fsp3) is 0.0526. The number of imidazole rings is 1. The van der Waals surface area contributed by atoms with Crippen LogP contribution in [0.25, 0.3) is 21.8 Å². The van der Waals surface area contributed by atoms with Crippen LogP contribution in [0.1, 0.15) is 10.4 Å². The normalized spacial score (nSPS) is 11.0. The molecular weight excluding hydrogens is 320 g/mol. The van der Waals surface area contributed by atoms with Crippen LogP contribution in [-0.2, 0) is 0 Å². The Morgan fingerprint density at radius 1 is 1.04 bits per heavy atom. The van der Waals surface area contributed by atoms with Crippen LogP contribution < -0.4 is 4.74 Å². The Morgan fingerprint density at radius 2 is 1.75 bits per heavy atom. The van der Waals surface area contributed by atoms with Crippen molar-refractivity contribution < 1.29 is 9.53 Å². The van der Waals surface area contributed by atoms with Crippen LogP contribution in [0.2, 0.25) is 0 Å². The first-order chi connectivity index (χ1) is 11.7. The van der Waals surface area contributed by atoms with E-state index in [9.17, 15) is 4.79 Å². The predicted molar refractivity (Wildman–Crippen MR) is 96.8 cm³/mol. The molecule has 0 amide bonds. The van der Waals surface area contributed by atoms with E-state index in [1.165, 1.54) is 0 Å². The summed E-state index contributed by atoms with van der Waals surface area (Å²) in [5.41, 5.74) is 2.41. The summed E-state index contributed by atoms with van der Waals surface area (Å²) in [6.07, 6.45) is 0. The quantitative estimate of drug-likeness (QED) is 0.554. The van der Waals surface area contributed by atoms with Gasteiger partial charge in [-0.2, -0.15) is 0 Å². The third-order valence-electron chi connectivity index (χ3n) is 3.84. The number of nitrogens with one attached hydrogen (secondary N) is 1. The van der Waals surface area contributed by atoms with Crippen molar-refractivity contribution in [3.63, 3.8) is 0 Å². The van der Waals surface area contributed by atoms with E-state index >= 15 is 0 Å². The van der Waals surface area contributed by atoms with Crippen LogP contribution in [0, 0.1) is 0 Å². The summed E-state index contributed by atoms with van der Waals surface area (Å²) < 4.78 is 5.11. The second-order valence-corrected chi connectivity index (χ2v) is 6.34. The van der Waals surface area contributed by atoms with Gasteiger partial charge in [0.2, 0.25) is 5.12 Å². The molecule has 0 aliphatic rings. The largest absolute Gasteiger partial charge is 0.497 e. The standard InChI is InChI=1S/C19H14N2O2S/c1-23-15-8-6-12(7-9-15)18(22)24-19-20-16-10-13-4-2-3-5-14(13)11-17(16)21-19/h2-11H,1H3,(H,20,21). The van der Waals surface area contributed by atoms with Gasteiger partial charge in [0, 0.05) is 5.56 Å². The number of nitrogens with zero attached hydrogens (tertiary/aromatic N) is 1. The molecule has 0 radical (unpaired) electrons. The zero-order valence-corrected chi connectivity index (χ0v) is 13.8. The molecule has 0 fully saturated rings. The highest BCUT2D eigenvalue weighted by Crippen LogP contribution is 2.26. The number of rotatable bonds is 3. The van der Waals surface area contributed by atoms with Gasteiger partial charge < -0.3 is 9.72 Å². The van der Waals surface area contributed by atoms with E-state index in [0.717, 1.165) is 39.3 Å². The first-order valence-corrected chi connectivity index (χ1v) is 8.29. The summed E-state index contributed by atoms with van der Waals surface area (Å²) in [5.74, 6) is 0.729. The van der Waals surface area contributed by atoms with Crippen LogP contribution >= 0.6 is 11.8 Å². The van der Waals surface area contributed by atoms with Crippen molar-refractivity contribution in [2.24, 2.45) is 0 Å². The van der Waals surface area contributed by atoms with E-state index in [-0.39, 0.29) is 5.12 Å². The van der Waals surface area contributed by atoms with E-state index in [1.54, 1.807) is 31.4 Å². The Hall–Kier alpha value is -2.79. The number of ether oxygens (including phenoxy) is 1. The molecule has 0 aliphatic heterocycles. The highest BCUT2D eigenvalue weighted by Gasteiger charge is 2.12. The predicted octanol–water partition coefficient (Wildman–Crippen LogP) is 4.66. The average Bonchev–Trinajstić information content (AvgIpc) is 3.00. The molecule has 4 rings (SSSR count). The highest BCUT2D eigenvalue weighted by atomic mass is 32.2. The Morgan fingerprint density at radius 3 is 2.46 bits per heavy atom. The molecule has 0 unspecified atom stereocenters. The number of fused-ring (bicyclic) bond motifs is 2. The molecule has 0 saturated carbocycles. The van der Waals surface area contributed by atoms with Crippen LogP contribution in [0.15, 0.2) is 65.8 Å². The van der Waals surface area contributed by atoms with E-state index < -0.39 is 0 Å². The van der Waals surface area contributed by atoms with Crippen LogP contribution in [0.3, 0.4) is 0 Å². The van der Waals surface area contributed by atoms with Crippen molar-refractivity contribution in [3.8, 4) is 5.75 Å². The third kappa shape index (κ3) is 2.74. The van der Waals surface area contributed by atoms with Gasteiger partial charge in [-0.1, -0.05) is 24.3 Å². The van der Waals surface area contributed by atoms with Gasteiger partial charge in [0.1, 0.15) is 5.75 Å². The number of hydrogen-bond donors (Lipinski definition) is 1. The van der Waals surface area contributed by atoms with Crippen molar-refractivity contribution >= 4 is 38.7 Å². The number of thioether (sulfide) groups is 1. The lowest BCUT2D eigenvalue weighted by molar-refractivity contribution is 0.108. The van der Waals surface area contributed by atoms with E-state index in [1.807, 2.05) is 18.2 Å². The molecule has 0 saturated heterocycles. The molecule has 0 atom stereocenters. The van der Waals surface area contributed by atoms with E-state index in [2.05, 4.69) is 28.2 Å². The number of aromatic nitrogens is 2. The Bertz CT molecular complexity index is 986. The van der Waals surface area contributed by atoms with Gasteiger partial charge in [0.15, 0.2) is 5.16 Å². The summed E-state index contributed by atoms with van der Waals surface area (Å²) in [7, 11) is 1.60. The lowest BCUT2D eigenvalue weighted by atomic mass is 10.1. The number of carbonyl (C=O) groups is 1. The van der Waals surface area contributed by atoms with E-state index in [4.69, 9.17) is 4.74 Å². The summed E-state index contributed by atoms with van der Waals surface area (Å²) >= 11 is 1.10. The SMILES string of the molecule is COc1ccc(C(=O)Sc2nc3cc4ccccc4cc3[nH]2)cc1.